The molecule has 1 amide bonds. The quantitative estimate of drug-likeness (QED) is 0.858. The van der Waals surface area contributed by atoms with Crippen LogP contribution in [-0.4, -0.2) is 42.9 Å². The van der Waals surface area contributed by atoms with Crippen molar-refractivity contribution in [3.63, 3.8) is 0 Å². The number of nitrogens with zero attached hydrogens (tertiary/aromatic N) is 1. The van der Waals surface area contributed by atoms with Crippen molar-refractivity contribution in [2.45, 2.75) is 31.5 Å². The van der Waals surface area contributed by atoms with Gasteiger partial charge in [-0.25, -0.2) is 0 Å². The van der Waals surface area contributed by atoms with E-state index < -0.39 is 0 Å². The Bertz CT molecular complexity index is 534. The second kappa shape index (κ2) is 6.34. The number of aliphatic hydroxyl groups excluding tert-OH is 1. The third-order valence-corrected chi connectivity index (χ3v) is 4.38. The van der Waals surface area contributed by atoms with Crippen molar-refractivity contribution in [3.05, 3.63) is 28.2 Å². The molecule has 1 aliphatic heterocycles. The molecule has 6 heteroatoms. The first-order chi connectivity index (χ1) is 10.2. The third-order valence-electron chi connectivity index (χ3n) is 3.88. The minimum absolute atomic E-state index is 0.0149. The molecular formula is C15H19BrN2O3. The molecule has 5 nitrogen and oxygen atoms in total. The molecule has 1 heterocycles. The van der Waals surface area contributed by atoms with Gasteiger partial charge in [0, 0.05) is 28.3 Å². The fraction of sp³-hybridized carbons (Fsp3) is 0.533. The van der Waals surface area contributed by atoms with Crippen LogP contribution in [0.4, 0.5) is 5.69 Å². The first-order valence-corrected chi connectivity index (χ1v) is 8.02. The molecule has 2 fully saturated rings. The lowest BCUT2D eigenvalue weighted by molar-refractivity contribution is -0.124. The zero-order chi connectivity index (χ0) is 14.8. The van der Waals surface area contributed by atoms with Gasteiger partial charge < -0.3 is 20.1 Å². The predicted octanol–water partition coefficient (Wildman–Crippen LogP) is 1.43. The number of hydrogen-bond acceptors (Lipinski definition) is 4. The fourth-order valence-corrected chi connectivity index (χ4v) is 2.92. The average Bonchev–Trinajstić information content (AvgIpc) is 3.31. The molecule has 114 valence electrons. The highest BCUT2D eigenvalue weighted by molar-refractivity contribution is 9.10. The van der Waals surface area contributed by atoms with Crippen molar-refractivity contribution in [3.8, 4) is 0 Å². The van der Waals surface area contributed by atoms with Crippen LogP contribution in [0.15, 0.2) is 22.7 Å². The van der Waals surface area contributed by atoms with Crippen molar-refractivity contribution in [2.75, 3.05) is 24.7 Å². The number of ether oxygens (including phenoxy) is 1. The Morgan fingerprint density at radius 3 is 3.00 bits per heavy atom. The van der Waals surface area contributed by atoms with Gasteiger partial charge in [0.15, 0.2) is 0 Å². The number of halogens is 1. The minimum Gasteiger partial charge on any atom is -0.392 e. The molecule has 1 aliphatic carbocycles. The summed E-state index contributed by atoms with van der Waals surface area (Å²) >= 11 is 3.46. The van der Waals surface area contributed by atoms with E-state index in [1.807, 2.05) is 23.1 Å². The molecule has 1 aromatic carbocycles. The van der Waals surface area contributed by atoms with Gasteiger partial charge in [-0.15, -0.1) is 0 Å². The van der Waals surface area contributed by atoms with Crippen LogP contribution in [0.3, 0.4) is 0 Å². The Balaban J connectivity index is 1.86. The number of carbonyl (C=O) groups is 1. The van der Waals surface area contributed by atoms with Crippen molar-refractivity contribution >= 4 is 27.5 Å². The number of carbonyl (C=O) groups excluding carboxylic acids is 1. The number of morpholine rings is 1. The number of amides is 1. The Hall–Kier alpha value is -1.11. The van der Waals surface area contributed by atoms with Gasteiger partial charge in [-0.2, -0.15) is 0 Å². The Kier molecular flexibility index (Phi) is 4.47. The summed E-state index contributed by atoms with van der Waals surface area (Å²) < 4.78 is 6.42. The van der Waals surface area contributed by atoms with Crippen molar-refractivity contribution in [1.82, 2.24) is 5.32 Å². The first-order valence-electron chi connectivity index (χ1n) is 7.23. The summed E-state index contributed by atoms with van der Waals surface area (Å²) in [5.41, 5.74) is 1.72. The van der Waals surface area contributed by atoms with Crippen LogP contribution in [0, 0.1) is 0 Å². The third kappa shape index (κ3) is 3.39. The maximum atomic E-state index is 12.4. The molecule has 0 bridgehead atoms. The minimum atomic E-state index is -0.334. The highest BCUT2D eigenvalue weighted by Crippen LogP contribution is 2.29. The number of hydrogen-bond donors (Lipinski definition) is 2. The lowest BCUT2D eigenvalue weighted by atomic mass is 10.1. The summed E-state index contributed by atoms with van der Waals surface area (Å²) in [5, 5.41) is 12.6. The highest BCUT2D eigenvalue weighted by atomic mass is 79.9. The number of rotatable bonds is 4. The highest BCUT2D eigenvalue weighted by Gasteiger charge is 2.34. The van der Waals surface area contributed by atoms with E-state index in [0.29, 0.717) is 25.8 Å². The van der Waals surface area contributed by atoms with Gasteiger partial charge in [0.05, 0.1) is 19.8 Å². The van der Waals surface area contributed by atoms with E-state index >= 15 is 0 Å². The molecule has 3 rings (SSSR count). The zero-order valence-corrected chi connectivity index (χ0v) is 13.3. The predicted molar refractivity (Wildman–Crippen MR) is 83.2 cm³/mol. The van der Waals surface area contributed by atoms with Crippen LogP contribution in [-0.2, 0) is 16.1 Å². The lowest BCUT2D eigenvalue weighted by Gasteiger charge is -2.37. The van der Waals surface area contributed by atoms with E-state index in [0.717, 1.165) is 28.6 Å². The van der Waals surface area contributed by atoms with Gasteiger partial charge in [-0.1, -0.05) is 22.0 Å². The molecule has 1 unspecified atom stereocenters. The van der Waals surface area contributed by atoms with Crippen LogP contribution in [0.25, 0.3) is 0 Å². The summed E-state index contributed by atoms with van der Waals surface area (Å²) in [4.78, 5) is 14.4. The molecule has 2 N–H and O–H groups in total. The summed E-state index contributed by atoms with van der Waals surface area (Å²) in [6.45, 7) is 1.57. The maximum absolute atomic E-state index is 12.4. The first kappa shape index (κ1) is 14.8. The molecule has 1 saturated carbocycles. The summed E-state index contributed by atoms with van der Waals surface area (Å²) in [5.74, 6) is 0.0149. The molecule has 0 spiro atoms. The van der Waals surface area contributed by atoms with Gasteiger partial charge in [-0.05, 0) is 25.0 Å². The van der Waals surface area contributed by atoms with Gasteiger partial charge in [0.2, 0.25) is 5.91 Å². The topological polar surface area (TPSA) is 61.8 Å². The van der Waals surface area contributed by atoms with Crippen molar-refractivity contribution in [1.29, 1.82) is 0 Å². The lowest BCUT2D eigenvalue weighted by Crippen LogP contribution is -2.54. The molecule has 1 atom stereocenters. The summed E-state index contributed by atoms with van der Waals surface area (Å²) in [6.07, 6.45) is 2.14. The smallest absolute Gasteiger partial charge is 0.245 e. The van der Waals surface area contributed by atoms with Crippen LogP contribution < -0.4 is 10.2 Å². The number of anilines is 1. The Morgan fingerprint density at radius 2 is 2.29 bits per heavy atom. The van der Waals surface area contributed by atoms with E-state index in [2.05, 4.69) is 21.2 Å². The number of nitrogens with one attached hydrogen (secondary N) is 1. The van der Waals surface area contributed by atoms with E-state index in [1.54, 1.807) is 0 Å². The van der Waals surface area contributed by atoms with Gasteiger partial charge in [0.25, 0.3) is 0 Å². The molecule has 2 aliphatic rings. The Labute approximate surface area is 132 Å². The maximum Gasteiger partial charge on any atom is 0.245 e. The van der Waals surface area contributed by atoms with Crippen LogP contribution >= 0.6 is 15.9 Å². The summed E-state index contributed by atoms with van der Waals surface area (Å²) in [6, 6.07) is 5.73. The second-order valence-corrected chi connectivity index (χ2v) is 6.41. The number of benzene rings is 1. The largest absolute Gasteiger partial charge is 0.392 e. The monoisotopic (exact) mass is 354 g/mol. The molecular weight excluding hydrogens is 336 g/mol. The average molecular weight is 355 g/mol. The second-order valence-electron chi connectivity index (χ2n) is 5.50. The number of aliphatic hydroxyl groups is 1. The molecule has 1 saturated heterocycles. The van der Waals surface area contributed by atoms with Crippen LogP contribution in [0.1, 0.15) is 18.4 Å². The molecule has 21 heavy (non-hydrogen) atoms. The zero-order valence-electron chi connectivity index (χ0n) is 11.7. The van der Waals surface area contributed by atoms with E-state index in [4.69, 9.17) is 4.74 Å². The van der Waals surface area contributed by atoms with Crippen LogP contribution in [0.5, 0.6) is 0 Å². The fourth-order valence-electron chi connectivity index (χ4n) is 2.57. The Morgan fingerprint density at radius 1 is 1.48 bits per heavy atom. The van der Waals surface area contributed by atoms with E-state index in [9.17, 15) is 9.90 Å². The van der Waals surface area contributed by atoms with Crippen molar-refractivity contribution < 1.29 is 14.6 Å². The molecule has 1 aromatic rings. The standard InChI is InChI=1S/C15H19BrN2O3/c16-11-2-1-10(8-19)13(7-11)18-5-6-21-9-14(18)15(20)17-12-3-4-12/h1-2,7,12,14,19H,3-6,8-9H2,(H,17,20). The SMILES string of the molecule is O=C(NC1CC1)C1COCCN1c1cc(Br)ccc1CO. The van der Waals surface area contributed by atoms with Gasteiger partial charge >= 0.3 is 0 Å². The normalized spacial score (nSPS) is 22.2. The summed E-state index contributed by atoms with van der Waals surface area (Å²) in [7, 11) is 0. The van der Waals surface area contributed by atoms with Crippen molar-refractivity contribution in [2.24, 2.45) is 0 Å². The molecule has 0 aromatic heterocycles. The van der Waals surface area contributed by atoms with Gasteiger partial charge in [-0.3, -0.25) is 4.79 Å². The van der Waals surface area contributed by atoms with Gasteiger partial charge in [0.1, 0.15) is 6.04 Å². The molecule has 0 radical (unpaired) electrons. The van der Waals surface area contributed by atoms with E-state index in [-0.39, 0.29) is 18.6 Å². The van der Waals surface area contributed by atoms with Crippen LogP contribution in [0.2, 0.25) is 0 Å². The van der Waals surface area contributed by atoms with E-state index in [1.165, 1.54) is 0 Å².